The molecule has 4 aliphatic rings. The van der Waals surface area contributed by atoms with Crippen LogP contribution in [-0.2, 0) is 0 Å². The molecule has 0 aliphatic heterocycles. The summed E-state index contributed by atoms with van der Waals surface area (Å²) in [6.45, 7) is 0. The molecule has 4 aliphatic carbocycles. The van der Waals surface area contributed by atoms with Crippen molar-refractivity contribution in [3.63, 3.8) is 0 Å². The zero-order valence-corrected chi connectivity index (χ0v) is 10.4. The van der Waals surface area contributed by atoms with Crippen LogP contribution in [0.25, 0.3) is 0 Å². The van der Waals surface area contributed by atoms with Gasteiger partial charge in [-0.3, -0.25) is 0 Å². The van der Waals surface area contributed by atoms with Crippen LogP contribution in [0.4, 0.5) is 0 Å². The summed E-state index contributed by atoms with van der Waals surface area (Å²) < 4.78 is 0. The van der Waals surface area contributed by atoms with E-state index in [0.717, 1.165) is 29.4 Å². The van der Waals surface area contributed by atoms with Gasteiger partial charge in [-0.1, -0.05) is 0 Å². The van der Waals surface area contributed by atoms with Crippen LogP contribution in [0.2, 0.25) is 0 Å². The Bertz CT molecular complexity index is 489. The highest BCUT2D eigenvalue weighted by molar-refractivity contribution is 5.29. The second-order valence-electron chi connectivity index (χ2n) is 6.44. The molecule has 0 saturated heterocycles. The number of aromatic nitrogens is 2. The quantitative estimate of drug-likeness (QED) is 0.757. The van der Waals surface area contributed by atoms with Gasteiger partial charge in [-0.25, -0.2) is 0 Å². The first-order chi connectivity index (χ1) is 8.83. The molecular formula is C15H17N3. The molecule has 1 heterocycles. The second-order valence-corrected chi connectivity index (χ2v) is 6.44. The zero-order valence-electron chi connectivity index (χ0n) is 10.4. The highest BCUT2D eigenvalue weighted by Gasteiger charge is 2.49. The molecule has 4 bridgehead atoms. The van der Waals surface area contributed by atoms with Crippen molar-refractivity contribution in [2.75, 3.05) is 0 Å². The third-order valence-electron chi connectivity index (χ3n) is 5.37. The third-order valence-corrected chi connectivity index (χ3v) is 5.37. The van der Waals surface area contributed by atoms with Crippen LogP contribution in [0.15, 0.2) is 12.3 Å². The van der Waals surface area contributed by atoms with E-state index in [1.54, 1.807) is 6.20 Å². The number of nitrogens with zero attached hydrogens (tertiary/aromatic N) is 3. The fraction of sp³-hybridized carbons (Fsp3) is 0.667. The molecule has 1 aromatic heterocycles. The maximum atomic E-state index is 8.99. The maximum Gasteiger partial charge on any atom is 0.101 e. The van der Waals surface area contributed by atoms with Gasteiger partial charge in [-0.05, 0) is 61.8 Å². The lowest BCUT2D eigenvalue weighted by atomic mass is 9.51. The van der Waals surface area contributed by atoms with E-state index in [-0.39, 0.29) is 0 Å². The smallest absolute Gasteiger partial charge is 0.101 e. The molecule has 0 amide bonds. The summed E-state index contributed by atoms with van der Waals surface area (Å²) >= 11 is 0. The van der Waals surface area contributed by atoms with E-state index in [1.165, 1.54) is 32.1 Å². The molecule has 0 radical (unpaired) electrons. The summed E-state index contributed by atoms with van der Waals surface area (Å²) in [6, 6.07) is 4.16. The predicted octanol–water partition coefficient (Wildman–Crippen LogP) is 2.89. The van der Waals surface area contributed by atoms with Gasteiger partial charge in [0.1, 0.15) is 6.07 Å². The van der Waals surface area contributed by atoms with Crippen LogP contribution < -0.4 is 0 Å². The largest absolute Gasteiger partial charge is 0.192 e. The van der Waals surface area contributed by atoms with Gasteiger partial charge in [0.25, 0.3) is 0 Å². The average Bonchev–Trinajstić information content (AvgIpc) is 2.38. The second kappa shape index (κ2) is 3.78. The molecular weight excluding hydrogens is 222 g/mol. The third kappa shape index (κ3) is 1.48. The van der Waals surface area contributed by atoms with E-state index in [4.69, 9.17) is 5.26 Å². The minimum Gasteiger partial charge on any atom is -0.192 e. The summed E-state index contributed by atoms with van der Waals surface area (Å²) in [5, 5.41) is 17.3. The molecule has 3 nitrogen and oxygen atoms in total. The Morgan fingerprint density at radius 1 is 1.06 bits per heavy atom. The lowest BCUT2D eigenvalue weighted by Crippen LogP contribution is -2.44. The number of hydrogen-bond donors (Lipinski definition) is 0. The van der Waals surface area contributed by atoms with Crippen molar-refractivity contribution in [2.45, 2.75) is 38.0 Å². The van der Waals surface area contributed by atoms with E-state index in [9.17, 15) is 0 Å². The fourth-order valence-corrected chi connectivity index (χ4v) is 5.02. The molecule has 0 N–H and O–H groups in total. The Morgan fingerprint density at radius 2 is 1.72 bits per heavy atom. The minimum atomic E-state index is 0.582. The molecule has 92 valence electrons. The molecule has 3 heteroatoms. The molecule has 4 fully saturated rings. The van der Waals surface area contributed by atoms with E-state index in [2.05, 4.69) is 16.3 Å². The number of hydrogen-bond acceptors (Lipinski definition) is 3. The lowest BCUT2D eigenvalue weighted by molar-refractivity contribution is -0.00443. The molecule has 0 atom stereocenters. The monoisotopic (exact) mass is 239 g/mol. The summed E-state index contributed by atoms with van der Waals surface area (Å²) in [6.07, 6.45) is 8.59. The average molecular weight is 239 g/mol. The Kier molecular flexibility index (Phi) is 2.20. The Hall–Kier alpha value is -1.43. The molecule has 18 heavy (non-hydrogen) atoms. The van der Waals surface area contributed by atoms with Crippen LogP contribution >= 0.6 is 0 Å². The highest BCUT2D eigenvalue weighted by Crippen LogP contribution is 2.59. The van der Waals surface area contributed by atoms with E-state index >= 15 is 0 Å². The summed E-state index contributed by atoms with van der Waals surface area (Å²) in [4.78, 5) is 0. The molecule has 4 saturated carbocycles. The molecule has 0 spiro atoms. The van der Waals surface area contributed by atoms with Crippen LogP contribution in [0, 0.1) is 35.0 Å². The first kappa shape index (κ1) is 10.5. The summed E-state index contributed by atoms with van der Waals surface area (Å²) in [5.74, 6) is 4.17. The SMILES string of the molecule is N#Cc1cnnc(C2C3CC4CC(C3)CC2C4)c1. The first-order valence-electron chi connectivity index (χ1n) is 7.06. The molecule has 0 aromatic carbocycles. The van der Waals surface area contributed by atoms with Crippen molar-refractivity contribution in [1.29, 1.82) is 5.26 Å². The highest BCUT2D eigenvalue weighted by atomic mass is 15.1. The Balaban J connectivity index is 1.70. The molecule has 0 unspecified atom stereocenters. The number of nitriles is 1. The standard InChI is InChI=1S/C15H17N3/c16-7-11-6-14(18-17-8-11)15-12-2-9-1-10(4-12)5-13(15)3-9/h6,8-10,12-13,15H,1-5H2. The summed E-state index contributed by atoms with van der Waals surface area (Å²) in [7, 11) is 0. The van der Waals surface area contributed by atoms with Crippen molar-refractivity contribution in [2.24, 2.45) is 23.7 Å². The van der Waals surface area contributed by atoms with Crippen molar-refractivity contribution < 1.29 is 0 Å². The normalized spacial score (nSPS) is 40.7. The van der Waals surface area contributed by atoms with Crippen LogP contribution in [0.3, 0.4) is 0 Å². The van der Waals surface area contributed by atoms with Gasteiger partial charge in [0.2, 0.25) is 0 Å². The fourth-order valence-electron chi connectivity index (χ4n) is 5.02. The van der Waals surface area contributed by atoms with Crippen LogP contribution in [0.5, 0.6) is 0 Å². The Labute approximate surface area is 107 Å². The van der Waals surface area contributed by atoms with Crippen molar-refractivity contribution in [3.05, 3.63) is 23.5 Å². The zero-order chi connectivity index (χ0) is 12.1. The van der Waals surface area contributed by atoms with Gasteiger partial charge in [0.05, 0.1) is 17.5 Å². The lowest BCUT2D eigenvalue weighted by Gasteiger charge is -2.54. The van der Waals surface area contributed by atoms with Crippen LogP contribution in [0.1, 0.15) is 49.3 Å². The number of rotatable bonds is 1. The maximum absolute atomic E-state index is 8.99. The van der Waals surface area contributed by atoms with Gasteiger partial charge in [0.15, 0.2) is 0 Å². The topological polar surface area (TPSA) is 49.6 Å². The van der Waals surface area contributed by atoms with Gasteiger partial charge in [-0.15, -0.1) is 0 Å². The van der Waals surface area contributed by atoms with E-state index < -0.39 is 0 Å². The first-order valence-corrected chi connectivity index (χ1v) is 7.06. The van der Waals surface area contributed by atoms with Gasteiger partial charge < -0.3 is 0 Å². The van der Waals surface area contributed by atoms with Gasteiger partial charge >= 0.3 is 0 Å². The van der Waals surface area contributed by atoms with Gasteiger partial charge in [0, 0.05) is 5.92 Å². The van der Waals surface area contributed by atoms with E-state index in [0.29, 0.717) is 11.5 Å². The predicted molar refractivity (Wildman–Crippen MR) is 66.5 cm³/mol. The van der Waals surface area contributed by atoms with Gasteiger partial charge in [-0.2, -0.15) is 15.5 Å². The summed E-state index contributed by atoms with van der Waals surface area (Å²) in [5.41, 5.74) is 1.75. The van der Waals surface area contributed by atoms with Crippen molar-refractivity contribution in [3.8, 4) is 6.07 Å². The van der Waals surface area contributed by atoms with Crippen molar-refractivity contribution >= 4 is 0 Å². The van der Waals surface area contributed by atoms with E-state index in [1.807, 2.05) is 6.07 Å². The van der Waals surface area contributed by atoms with Crippen molar-refractivity contribution in [1.82, 2.24) is 10.2 Å². The minimum absolute atomic E-state index is 0.582. The Morgan fingerprint density at radius 3 is 2.33 bits per heavy atom. The molecule has 5 rings (SSSR count). The van der Waals surface area contributed by atoms with Crippen LogP contribution in [-0.4, -0.2) is 10.2 Å². The molecule has 1 aromatic rings.